The van der Waals surface area contributed by atoms with Gasteiger partial charge in [0.15, 0.2) is 5.78 Å². The lowest BCUT2D eigenvalue weighted by Gasteiger charge is -2.71. The van der Waals surface area contributed by atoms with E-state index in [0.717, 1.165) is 42.7 Å². The van der Waals surface area contributed by atoms with Gasteiger partial charge in [-0.25, -0.2) is 8.78 Å². The number of ether oxygens (including phenoxy) is 1. The fraction of sp³-hybridized carbons (Fsp3) is 0.269. The highest BCUT2D eigenvalue weighted by Gasteiger charge is 2.68. The fourth-order valence-corrected chi connectivity index (χ4v) is 5.29. The normalized spacial score (nSPS) is 23.9. The molecule has 3 fully saturated rings. The lowest BCUT2D eigenvalue weighted by atomic mass is 9.32. The lowest BCUT2D eigenvalue weighted by Crippen LogP contribution is -2.65. The Bertz CT molecular complexity index is 1070. The number of halogens is 2. The summed E-state index contributed by atoms with van der Waals surface area (Å²) in [6.07, 6.45) is 3.16. The van der Waals surface area contributed by atoms with Crippen molar-refractivity contribution in [2.45, 2.75) is 37.7 Å². The van der Waals surface area contributed by atoms with Gasteiger partial charge in [0.1, 0.15) is 24.0 Å². The second-order valence-electron chi connectivity index (χ2n) is 8.83. The molecule has 4 heteroatoms. The Morgan fingerprint density at radius 1 is 0.900 bits per heavy atom. The van der Waals surface area contributed by atoms with Crippen molar-refractivity contribution < 1.29 is 18.3 Å². The van der Waals surface area contributed by atoms with E-state index in [4.69, 9.17) is 4.74 Å². The first-order valence-corrected chi connectivity index (χ1v) is 10.2. The number of carbonyl (C=O) groups is 1. The largest absolute Gasteiger partial charge is 0.489 e. The van der Waals surface area contributed by atoms with Crippen molar-refractivity contribution in [2.75, 3.05) is 0 Å². The Hall–Kier alpha value is -3.01. The molecule has 2 nitrogen and oxygen atoms in total. The molecule has 152 valence electrons. The van der Waals surface area contributed by atoms with E-state index in [0.29, 0.717) is 13.0 Å². The Morgan fingerprint density at radius 2 is 1.60 bits per heavy atom. The van der Waals surface area contributed by atoms with Gasteiger partial charge in [0.05, 0.1) is 5.56 Å². The van der Waals surface area contributed by atoms with Crippen LogP contribution in [0.15, 0.2) is 72.8 Å². The molecule has 0 aromatic heterocycles. The van der Waals surface area contributed by atoms with E-state index < -0.39 is 11.6 Å². The summed E-state index contributed by atoms with van der Waals surface area (Å²) in [5.41, 5.74) is 2.51. The quantitative estimate of drug-likeness (QED) is 0.436. The molecule has 0 unspecified atom stereocenters. The molecule has 0 radical (unpaired) electrons. The zero-order valence-electron chi connectivity index (χ0n) is 16.5. The topological polar surface area (TPSA) is 26.3 Å². The molecule has 0 atom stereocenters. The smallest absolute Gasteiger partial charge is 0.166 e. The van der Waals surface area contributed by atoms with Crippen molar-refractivity contribution in [3.05, 3.63) is 101 Å². The van der Waals surface area contributed by atoms with Crippen molar-refractivity contribution in [1.29, 1.82) is 0 Å². The van der Waals surface area contributed by atoms with E-state index in [1.807, 2.05) is 42.5 Å². The van der Waals surface area contributed by atoms with Gasteiger partial charge in [0.2, 0.25) is 0 Å². The van der Waals surface area contributed by atoms with Crippen LogP contribution in [0.5, 0.6) is 5.75 Å². The highest BCUT2D eigenvalue weighted by molar-refractivity contribution is 5.97. The van der Waals surface area contributed by atoms with Gasteiger partial charge < -0.3 is 4.74 Å². The Balaban J connectivity index is 1.18. The molecule has 3 aliphatic carbocycles. The van der Waals surface area contributed by atoms with E-state index in [9.17, 15) is 13.6 Å². The molecule has 3 aromatic carbocycles. The molecule has 6 rings (SSSR count). The molecule has 0 aliphatic heterocycles. The number of benzene rings is 3. The minimum atomic E-state index is -0.771. The molecule has 3 aromatic rings. The highest BCUT2D eigenvalue weighted by atomic mass is 19.1. The van der Waals surface area contributed by atoms with Crippen LogP contribution in [0.3, 0.4) is 0 Å². The Labute approximate surface area is 174 Å². The number of hydrogen-bond donors (Lipinski definition) is 0. The molecular weight excluding hydrogens is 382 g/mol. The van der Waals surface area contributed by atoms with Crippen LogP contribution in [0.1, 0.15) is 47.2 Å². The maximum Gasteiger partial charge on any atom is 0.166 e. The summed E-state index contributed by atoms with van der Waals surface area (Å²) >= 11 is 0. The molecule has 3 aliphatic rings. The molecule has 0 spiro atoms. The first-order valence-electron chi connectivity index (χ1n) is 10.2. The molecule has 0 saturated heterocycles. The Morgan fingerprint density at radius 3 is 2.27 bits per heavy atom. The van der Waals surface area contributed by atoms with Gasteiger partial charge in [-0.2, -0.15) is 0 Å². The van der Waals surface area contributed by atoms with E-state index in [2.05, 4.69) is 12.1 Å². The van der Waals surface area contributed by atoms with Gasteiger partial charge in [0, 0.05) is 12.5 Å². The van der Waals surface area contributed by atoms with E-state index >= 15 is 0 Å². The van der Waals surface area contributed by atoms with Crippen molar-refractivity contribution in [3.63, 3.8) is 0 Å². The summed E-state index contributed by atoms with van der Waals surface area (Å²) < 4.78 is 32.8. The molecule has 0 amide bonds. The third-order valence-corrected chi connectivity index (χ3v) is 6.62. The summed E-state index contributed by atoms with van der Waals surface area (Å²) in [4.78, 5) is 12.5. The van der Waals surface area contributed by atoms with Crippen molar-refractivity contribution >= 4 is 5.78 Å². The van der Waals surface area contributed by atoms with Crippen molar-refractivity contribution in [1.82, 2.24) is 0 Å². The summed E-state index contributed by atoms with van der Waals surface area (Å²) in [6.45, 7) is 0.538. The Kier molecular flexibility index (Phi) is 4.46. The van der Waals surface area contributed by atoms with Crippen molar-refractivity contribution in [3.8, 4) is 5.75 Å². The number of ketones is 1. The SMILES string of the molecule is O=C(CC12CC(c3ccc(OCc4ccccc4)cc3)(C1)C2)c1ccc(F)cc1F. The predicted octanol–water partition coefficient (Wildman–Crippen LogP) is 6.24. The van der Waals surface area contributed by atoms with Gasteiger partial charge in [-0.15, -0.1) is 0 Å². The van der Waals surface area contributed by atoms with E-state index in [1.54, 1.807) is 0 Å². The van der Waals surface area contributed by atoms with Crippen LogP contribution in [0, 0.1) is 17.0 Å². The third kappa shape index (κ3) is 3.30. The van der Waals surface area contributed by atoms with Crippen LogP contribution in [0.25, 0.3) is 0 Å². The summed E-state index contributed by atoms with van der Waals surface area (Å²) in [5.74, 6) is -0.826. The second kappa shape index (κ2) is 7.05. The molecular formula is C26H22F2O2. The van der Waals surface area contributed by atoms with Crippen LogP contribution < -0.4 is 4.74 Å². The average Bonchev–Trinajstić information content (AvgIpc) is 2.69. The minimum Gasteiger partial charge on any atom is -0.489 e. The number of rotatable bonds is 7. The number of carbonyl (C=O) groups excluding carboxylic acids is 1. The average molecular weight is 404 g/mol. The second-order valence-corrected chi connectivity index (χ2v) is 8.83. The molecule has 0 N–H and O–H groups in total. The fourth-order valence-electron chi connectivity index (χ4n) is 5.29. The van der Waals surface area contributed by atoms with E-state index in [-0.39, 0.29) is 22.2 Å². The maximum absolute atomic E-state index is 13.9. The van der Waals surface area contributed by atoms with Crippen LogP contribution in [0.2, 0.25) is 0 Å². The van der Waals surface area contributed by atoms with Gasteiger partial charge in [0.25, 0.3) is 0 Å². The zero-order chi connectivity index (χ0) is 20.8. The van der Waals surface area contributed by atoms with Crippen LogP contribution in [-0.2, 0) is 12.0 Å². The van der Waals surface area contributed by atoms with E-state index in [1.165, 1.54) is 11.6 Å². The highest BCUT2D eigenvalue weighted by Crippen LogP contribution is 2.75. The lowest BCUT2D eigenvalue weighted by molar-refractivity contribution is -0.138. The van der Waals surface area contributed by atoms with Gasteiger partial charge in [-0.1, -0.05) is 42.5 Å². The molecule has 30 heavy (non-hydrogen) atoms. The summed E-state index contributed by atoms with van der Waals surface area (Å²) in [6, 6.07) is 21.5. The van der Waals surface area contributed by atoms with Crippen LogP contribution in [-0.4, -0.2) is 5.78 Å². The minimum absolute atomic E-state index is 0.00454. The van der Waals surface area contributed by atoms with Crippen LogP contribution in [0.4, 0.5) is 8.78 Å². The first kappa shape index (κ1) is 19.0. The van der Waals surface area contributed by atoms with Crippen molar-refractivity contribution in [2.24, 2.45) is 5.41 Å². The third-order valence-electron chi connectivity index (χ3n) is 6.62. The summed E-state index contributed by atoms with van der Waals surface area (Å²) in [7, 11) is 0. The molecule has 2 bridgehead atoms. The van der Waals surface area contributed by atoms with Gasteiger partial charge in [-0.3, -0.25) is 4.79 Å². The standard InChI is InChI=1S/C26H22F2O2/c27-20-8-11-22(23(28)12-20)24(29)13-25-15-26(16-25,17-25)19-6-9-21(10-7-19)30-14-18-4-2-1-3-5-18/h1-12H,13-17H2. The van der Waals surface area contributed by atoms with Crippen LogP contribution >= 0.6 is 0 Å². The number of Topliss-reactive ketones (excluding diaryl/α,β-unsaturated/α-hetero) is 1. The first-order chi connectivity index (χ1) is 14.5. The monoisotopic (exact) mass is 404 g/mol. The predicted molar refractivity (Wildman–Crippen MR) is 110 cm³/mol. The molecule has 3 saturated carbocycles. The summed E-state index contributed by atoms with van der Waals surface area (Å²) in [5, 5.41) is 0. The van der Waals surface area contributed by atoms with Gasteiger partial charge in [-0.05, 0) is 65.5 Å². The zero-order valence-corrected chi connectivity index (χ0v) is 16.5. The molecule has 0 heterocycles. The number of hydrogen-bond acceptors (Lipinski definition) is 2. The van der Waals surface area contributed by atoms with Gasteiger partial charge >= 0.3 is 0 Å². The maximum atomic E-state index is 13.9.